The van der Waals surface area contributed by atoms with Crippen LogP contribution in [0.2, 0.25) is 0 Å². The van der Waals surface area contributed by atoms with Gasteiger partial charge in [0.25, 0.3) is 0 Å². The van der Waals surface area contributed by atoms with Crippen LogP contribution in [0, 0.1) is 18.3 Å². The lowest BCUT2D eigenvalue weighted by Crippen LogP contribution is -2.42. The molecule has 1 aliphatic carbocycles. The summed E-state index contributed by atoms with van der Waals surface area (Å²) in [6.07, 6.45) is 3.44. The third-order valence-corrected chi connectivity index (χ3v) is 7.95. The largest absolute Gasteiger partial charge is 0.212 e. The lowest BCUT2D eigenvalue weighted by Gasteiger charge is -2.44. The lowest BCUT2D eigenvalue weighted by atomic mass is 9.59. The standard InChI is InChI=1S/C26H38N/c1-17(2)13-19-11-12-23(27(10)16-19)20-15-22-21(14-18(20)3)24(4,5)26(8,9)25(22,6)7/h11-12,14-17H,13H2,1-10H3/q+1. The Morgan fingerprint density at radius 1 is 0.889 bits per heavy atom. The second-order valence-corrected chi connectivity index (χ2v) is 10.7. The quantitative estimate of drug-likeness (QED) is 0.564. The first-order chi connectivity index (χ1) is 12.3. The van der Waals surface area contributed by atoms with E-state index in [1.807, 2.05) is 0 Å². The van der Waals surface area contributed by atoms with Gasteiger partial charge in [-0.3, -0.25) is 0 Å². The maximum absolute atomic E-state index is 2.48. The van der Waals surface area contributed by atoms with Crippen LogP contribution < -0.4 is 4.57 Å². The molecule has 146 valence electrons. The average molecular weight is 365 g/mol. The molecule has 0 spiro atoms. The van der Waals surface area contributed by atoms with Gasteiger partial charge < -0.3 is 0 Å². The van der Waals surface area contributed by atoms with Gasteiger partial charge in [0.1, 0.15) is 7.05 Å². The van der Waals surface area contributed by atoms with Gasteiger partial charge in [-0.15, -0.1) is 0 Å². The van der Waals surface area contributed by atoms with Crippen molar-refractivity contribution in [2.75, 3.05) is 0 Å². The highest BCUT2D eigenvalue weighted by Gasteiger charge is 2.56. The maximum Gasteiger partial charge on any atom is 0.212 e. The van der Waals surface area contributed by atoms with Gasteiger partial charge in [0.2, 0.25) is 5.69 Å². The first-order valence-electron chi connectivity index (χ1n) is 10.4. The van der Waals surface area contributed by atoms with Crippen molar-refractivity contribution in [2.45, 2.75) is 79.6 Å². The van der Waals surface area contributed by atoms with E-state index in [2.05, 4.69) is 104 Å². The van der Waals surface area contributed by atoms with Crippen molar-refractivity contribution in [3.8, 4) is 11.3 Å². The van der Waals surface area contributed by atoms with E-state index in [1.165, 1.54) is 33.5 Å². The van der Waals surface area contributed by atoms with Crippen LogP contribution in [0.1, 0.15) is 77.6 Å². The fraction of sp³-hybridized carbons (Fsp3) is 0.577. The van der Waals surface area contributed by atoms with Gasteiger partial charge in [-0.1, -0.05) is 61.5 Å². The first kappa shape index (κ1) is 20.1. The molecule has 1 aromatic heterocycles. The average Bonchev–Trinajstić information content (AvgIpc) is 2.63. The molecule has 3 rings (SSSR count). The number of benzene rings is 1. The molecule has 0 radical (unpaired) electrons. The highest BCUT2D eigenvalue weighted by molar-refractivity contribution is 5.67. The Morgan fingerprint density at radius 2 is 1.44 bits per heavy atom. The van der Waals surface area contributed by atoms with E-state index < -0.39 is 0 Å². The predicted molar refractivity (Wildman–Crippen MR) is 116 cm³/mol. The highest BCUT2D eigenvalue weighted by atomic mass is 14.9. The Morgan fingerprint density at radius 3 is 1.96 bits per heavy atom. The van der Waals surface area contributed by atoms with Crippen LogP contribution in [0.15, 0.2) is 30.5 Å². The fourth-order valence-electron chi connectivity index (χ4n) is 5.01. The summed E-state index contributed by atoms with van der Waals surface area (Å²) in [6, 6.07) is 9.56. The van der Waals surface area contributed by atoms with Crippen LogP contribution in [0.3, 0.4) is 0 Å². The first-order valence-corrected chi connectivity index (χ1v) is 10.4. The molecule has 0 fully saturated rings. The molecule has 2 aromatic rings. The number of hydrogen-bond acceptors (Lipinski definition) is 0. The summed E-state index contributed by atoms with van der Waals surface area (Å²) in [7, 11) is 2.19. The monoisotopic (exact) mass is 364 g/mol. The zero-order valence-electron chi connectivity index (χ0n) is 19.1. The summed E-state index contributed by atoms with van der Waals surface area (Å²) < 4.78 is 2.31. The van der Waals surface area contributed by atoms with Crippen LogP contribution in [0.25, 0.3) is 11.3 Å². The Hall–Kier alpha value is -1.63. The van der Waals surface area contributed by atoms with Crippen LogP contribution in [0.4, 0.5) is 0 Å². The molecule has 27 heavy (non-hydrogen) atoms. The molecule has 1 aliphatic rings. The molecule has 1 nitrogen and oxygen atoms in total. The van der Waals surface area contributed by atoms with Gasteiger partial charge in [0.15, 0.2) is 6.20 Å². The van der Waals surface area contributed by atoms with E-state index in [0.717, 1.165) is 6.42 Å². The number of aromatic nitrogens is 1. The molecule has 0 saturated heterocycles. The fourth-order valence-corrected chi connectivity index (χ4v) is 5.01. The topological polar surface area (TPSA) is 3.88 Å². The molecule has 1 heteroatoms. The molecular formula is C26H38N+. The number of hydrogen-bond donors (Lipinski definition) is 0. The van der Waals surface area contributed by atoms with Crippen molar-refractivity contribution in [1.29, 1.82) is 0 Å². The van der Waals surface area contributed by atoms with Crippen LogP contribution in [-0.4, -0.2) is 0 Å². The van der Waals surface area contributed by atoms with Crippen molar-refractivity contribution in [2.24, 2.45) is 18.4 Å². The van der Waals surface area contributed by atoms with E-state index in [0.29, 0.717) is 5.92 Å². The van der Waals surface area contributed by atoms with Gasteiger partial charge in [-0.05, 0) is 64.3 Å². The Bertz CT molecular complexity index is 881. The smallest absolute Gasteiger partial charge is 0.201 e. The second-order valence-electron chi connectivity index (χ2n) is 10.7. The van der Waals surface area contributed by atoms with Crippen LogP contribution in [-0.2, 0) is 24.3 Å². The molecule has 0 amide bonds. The zero-order valence-corrected chi connectivity index (χ0v) is 19.1. The third kappa shape index (κ3) is 2.85. The second kappa shape index (κ2) is 6.19. The molecule has 0 atom stereocenters. The lowest BCUT2D eigenvalue weighted by molar-refractivity contribution is -0.660. The molecule has 1 heterocycles. The molecule has 0 bridgehead atoms. The predicted octanol–water partition coefficient (Wildman–Crippen LogP) is 6.28. The van der Waals surface area contributed by atoms with Crippen molar-refractivity contribution >= 4 is 0 Å². The Kier molecular flexibility index (Phi) is 4.61. The number of aryl methyl sites for hydroxylation is 2. The molecule has 0 aliphatic heterocycles. The number of rotatable bonds is 3. The minimum absolute atomic E-state index is 0.143. The van der Waals surface area contributed by atoms with Crippen molar-refractivity contribution in [3.05, 3.63) is 52.7 Å². The highest BCUT2D eigenvalue weighted by Crippen LogP contribution is 2.62. The van der Waals surface area contributed by atoms with Crippen molar-refractivity contribution in [3.63, 3.8) is 0 Å². The molecule has 0 N–H and O–H groups in total. The van der Waals surface area contributed by atoms with Gasteiger partial charge in [-0.25, -0.2) is 4.57 Å². The van der Waals surface area contributed by atoms with E-state index >= 15 is 0 Å². The minimum atomic E-state index is 0.143. The summed E-state index contributed by atoms with van der Waals surface area (Å²) in [5, 5.41) is 0. The van der Waals surface area contributed by atoms with Crippen molar-refractivity contribution in [1.82, 2.24) is 0 Å². The third-order valence-electron chi connectivity index (χ3n) is 7.95. The molecule has 0 saturated carbocycles. The molecule has 0 unspecified atom stereocenters. The number of fused-ring (bicyclic) bond motifs is 1. The van der Waals surface area contributed by atoms with E-state index in [1.54, 1.807) is 0 Å². The van der Waals surface area contributed by atoms with Gasteiger partial charge in [0, 0.05) is 17.2 Å². The number of nitrogens with zero attached hydrogens (tertiary/aromatic N) is 1. The Balaban J connectivity index is 2.17. The summed E-state index contributed by atoms with van der Waals surface area (Å²) >= 11 is 0. The van der Waals surface area contributed by atoms with Gasteiger partial charge in [-0.2, -0.15) is 0 Å². The van der Waals surface area contributed by atoms with E-state index in [-0.39, 0.29) is 16.2 Å². The SMILES string of the molecule is Cc1cc2c(cc1-c1ccc(CC(C)C)c[n+]1C)C(C)(C)C(C)(C)C2(C)C. The summed E-state index contributed by atoms with van der Waals surface area (Å²) in [5.74, 6) is 0.683. The summed E-state index contributed by atoms with van der Waals surface area (Å²) in [5.41, 5.74) is 9.02. The Labute approximate surface area is 166 Å². The number of pyridine rings is 1. The van der Waals surface area contributed by atoms with Gasteiger partial charge in [0.05, 0.1) is 0 Å². The van der Waals surface area contributed by atoms with E-state index in [9.17, 15) is 0 Å². The van der Waals surface area contributed by atoms with Crippen LogP contribution >= 0.6 is 0 Å². The molecular weight excluding hydrogens is 326 g/mol. The zero-order chi connectivity index (χ0) is 20.4. The molecule has 1 aromatic carbocycles. The minimum Gasteiger partial charge on any atom is -0.201 e. The summed E-state index contributed by atoms with van der Waals surface area (Å²) in [6.45, 7) is 21.4. The van der Waals surface area contributed by atoms with Crippen molar-refractivity contribution < 1.29 is 4.57 Å². The van der Waals surface area contributed by atoms with Gasteiger partial charge >= 0.3 is 0 Å². The summed E-state index contributed by atoms with van der Waals surface area (Å²) in [4.78, 5) is 0. The normalized spacial score (nSPS) is 19.4. The maximum atomic E-state index is 2.48. The van der Waals surface area contributed by atoms with E-state index in [4.69, 9.17) is 0 Å². The van der Waals surface area contributed by atoms with Crippen LogP contribution in [0.5, 0.6) is 0 Å².